The van der Waals surface area contributed by atoms with Crippen molar-refractivity contribution in [3.8, 4) is 0 Å². The molecule has 0 bridgehead atoms. The van der Waals surface area contributed by atoms with Crippen LogP contribution in [0.1, 0.15) is 36.5 Å². The summed E-state index contributed by atoms with van der Waals surface area (Å²) in [7, 11) is 0. The van der Waals surface area contributed by atoms with E-state index >= 15 is 0 Å². The van der Waals surface area contributed by atoms with Gasteiger partial charge in [-0.25, -0.2) is 0 Å². The molecule has 0 fully saturated rings. The van der Waals surface area contributed by atoms with E-state index in [4.69, 9.17) is 4.74 Å². The van der Waals surface area contributed by atoms with Gasteiger partial charge in [0.25, 0.3) is 0 Å². The minimum atomic E-state index is -4.34. The fraction of sp³-hybridized carbons (Fsp3) is 0.381. The van der Waals surface area contributed by atoms with E-state index in [-0.39, 0.29) is 18.4 Å². The summed E-state index contributed by atoms with van der Waals surface area (Å²) >= 11 is 0. The highest BCUT2D eigenvalue weighted by atomic mass is 19.4. The standard InChI is InChI=1S/C21H24F3NO2/c1-2-27-20(26)14-19(13-10-16-6-4-3-5-7-16)25-15-17-8-11-18(12-9-17)21(22,23)24/h3-9,11-12,19,25H,2,10,13-15H2,1H3. The van der Waals surface area contributed by atoms with Crippen LogP contribution in [0, 0.1) is 0 Å². The molecule has 1 N–H and O–H groups in total. The normalized spacial score (nSPS) is 12.6. The molecule has 0 heterocycles. The summed E-state index contributed by atoms with van der Waals surface area (Å²) in [6.45, 7) is 2.46. The third kappa shape index (κ3) is 7.43. The minimum absolute atomic E-state index is 0.119. The van der Waals surface area contributed by atoms with Crippen LogP contribution in [0.5, 0.6) is 0 Å². The topological polar surface area (TPSA) is 38.3 Å². The first-order chi connectivity index (χ1) is 12.9. The number of hydrogen-bond donors (Lipinski definition) is 1. The Morgan fingerprint density at radius 2 is 1.70 bits per heavy atom. The largest absolute Gasteiger partial charge is 0.466 e. The molecule has 0 aromatic heterocycles. The summed E-state index contributed by atoms with van der Waals surface area (Å²) in [4.78, 5) is 11.8. The lowest BCUT2D eigenvalue weighted by Gasteiger charge is -2.18. The second kappa shape index (κ2) is 10.1. The maximum Gasteiger partial charge on any atom is 0.416 e. The van der Waals surface area contributed by atoms with E-state index in [0.29, 0.717) is 13.2 Å². The molecule has 0 aliphatic rings. The van der Waals surface area contributed by atoms with Crippen LogP contribution in [-0.4, -0.2) is 18.6 Å². The van der Waals surface area contributed by atoms with Crippen LogP contribution >= 0.6 is 0 Å². The summed E-state index contributed by atoms with van der Waals surface area (Å²) in [6, 6.07) is 14.9. The van der Waals surface area contributed by atoms with Gasteiger partial charge in [0.15, 0.2) is 0 Å². The Hall–Kier alpha value is -2.34. The van der Waals surface area contributed by atoms with Crippen molar-refractivity contribution in [2.45, 2.75) is 44.9 Å². The zero-order valence-corrected chi connectivity index (χ0v) is 15.3. The van der Waals surface area contributed by atoms with Crippen molar-refractivity contribution < 1.29 is 22.7 Å². The SMILES string of the molecule is CCOC(=O)CC(CCc1ccccc1)NCc1ccc(C(F)(F)F)cc1. The Bertz CT molecular complexity index is 700. The molecule has 27 heavy (non-hydrogen) atoms. The number of carbonyl (C=O) groups is 1. The lowest BCUT2D eigenvalue weighted by atomic mass is 10.0. The smallest absolute Gasteiger partial charge is 0.416 e. The number of alkyl halides is 3. The number of benzene rings is 2. The van der Waals surface area contributed by atoms with Crippen LogP contribution in [0.15, 0.2) is 54.6 Å². The van der Waals surface area contributed by atoms with Gasteiger partial charge in [-0.05, 0) is 43.0 Å². The van der Waals surface area contributed by atoms with Crippen LogP contribution in [-0.2, 0) is 28.7 Å². The van der Waals surface area contributed by atoms with Gasteiger partial charge in [-0.15, -0.1) is 0 Å². The third-order valence-electron chi connectivity index (χ3n) is 4.22. The Morgan fingerprint density at radius 3 is 2.30 bits per heavy atom. The average molecular weight is 379 g/mol. The second-order valence-corrected chi connectivity index (χ2v) is 6.31. The summed E-state index contributed by atoms with van der Waals surface area (Å²) in [6.07, 6.45) is -2.59. The molecule has 0 saturated heterocycles. The van der Waals surface area contributed by atoms with Crippen LogP contribution in [0.2, 0.25) is 0 Å². The molecule has 1 atom stereocenters. The lowest BCUT2D eigenvalue weighted by Crippen LogP contribution is -2.32. The number of rotatable bonds is 9. The molecule has 0 aliphatic heterocycles. The van der Waals surface area contributed by atoms with Gasteiger partial charge >= 0.3 is 12.1 Å². The van der Waals surface area contributed by atoms with Gasteiger partial charge in [-0.3, -0.25) is 4.79 Å². The van der Waals surface area contributed by atoms with Crippen LogP contribution in [0.4, 0.5) is 13.2 Å². The van der Waals surface area contributed by atoms with Gasteiger partial charge in [0, 0.05) is 12.6 Å². The predicted octanol–water partition coefficient (Wildman–Crippen LogP) is 4.75. The Balaban J connectivity index is 1.94. The van der Waals surface area contributed by atoms with E-state index in [1.807, 2.05) is 30.3 Å². The summed E-state index contributed by atoms with van der Waals surface area (Å²) in [5, 5.41) is 3.27. The summed E-state index contributed by atoms with van der Waals surface area (Å²) < 4.78 is 43.0. The van der Waals surface area contributed by atoms with Crippen molar-refractivity contribution in [3.05, 3.63) is 71.3 Å². The first kappa shape index (κ1) is 21.0. The van der Waals surface area contributed by atoms with E-state index in [1.54, 1.807) is 6.92 Å². The average Bonchev–Trinajstić information content (AvgIpc) is 2.64. The van der Waals surface area contributed by atoms with Crippen molar-refractivity contribution >= 4 is 5.97 Å². The van der Waals surface area contributed by atoms with Gasteiger partial charge in [-0.2, -0.15) is 13.2 Å². The molecule has 6 heteroatoms. The molecule has 146 valence electrons. The number of aryl methyl sites for hydroxylation is 1. The van der Waals surface area contributed by atoms with Crippen molar-refractivity contribution in [2.24, 2.45) is 0 Å². The van der Waals surface area contributed by atoms with E-state index in [1.165, 1.54) is 17.7 Å². The molecule has 0 spiro atoms. The van der Waals surface area contributed by atoms with E-state index in [2.05, 4.69) is 5.32 Å². The maximum atomic E-state index is 12.6. The molecule has 2 rings (SSSR count). The fourth-order valence-electron chi connectivity index (χ4n) is 2.76. The van der Waals surface area contributed by atoms with Crippen LogP contribution < -0.4 is 5.32 Å². The Labute approximate surface area is 157 Å². The van der Waals surface area contributed by atoms with Gasteiger partial charge < -0.3 is 10.1 Å². The number of esters is 1. The van der Waals surface area contributed by atoms with Gasteiger partial charge in [-0.1, -0.05) is 42.5 Å². The number of ether oxygens (including phenoxy) is 1. The molecule has 2 aromatic rings. The van der Waals surface area contributed by atoms with Crippen molar-refractivity contribution in [1.29, 1.82) is 0 Å². The quantitative estimate of drug-likeness (QED) is 0.639. The lowest BCUT2D eigenvalue weighted by molar-refractivity contribution is -0.143. The molecule has 0 saturated carbocycles. The van der Waals surface area contributed by atoms with Crippen molar-refractivity contribution in [2.75, 3.05) is 6.61 Å². The third-order valence-corrected chi connectivity index (χ3v) is 4.22. The first-order valence-electron chi connectivity index (χ1n) is 8.97. The molecular formula is C21H24F3NO2. The van der Waals surface area contributed by atoms with E-state index in [0.717, 1.165) is 30.5 Å². The summed E-state index contributed by atoms with van der Waals surface area (Å²) in [5.41, 5.74) is 1.23. The van der Waals surface area contributed by atoms with Crippen LogP contribution in [0.25, 0.3) is 0 Å². The molecule has 0 aliphatic carbocycles. The number of halogens is 3. The monoisotopic (exact) mass is 379 g/mol. The number of hydrogen-bond acceptors (Lipinski definition) is 3. The molecule has 0 radical (unpaired) electrons. The first-order valence-corrected chi connectivity index (χ1v) is 8.97. The van der Waals surface area contributed by atoms with E-state index in [9.17, 15) is 18.0 Å². The Morgan fingerprint density at radius 1 is 1.04 bits per heavy atom. The molecular weight excluding hydrogens is 355 g/mol. The van der Waals surface area contributed by atoms with Gasteiger partial charge in [0.1, 0.15) is 0 Å². The molecule has 1 unspecified atom stereocenters. The zero-order chi connectivity index (χ0) is 19.7. The minimum Gasteiger partial charge on any atom is -0.466 e. The molecule has 3 nitrogen and oxygen atoms in total. The Kier molecular flexibility index (Phi) is 7.85. The second-order valence-electron chi connectivity index (χ2n) is 6.31. The highest BCUT2D eigenvalue weighted by molar-refractivity contribution is 5.70. The van der Waals surface area contributed by atoms with Gasteiger partial charge in [0.05, 0.1) is 18.6 Å². The number of nitrogens with one attached hydrogen (secondary N) is 1. The maximum absolute atomic E-state index is 12.6. The fourth-order valence-corrected chi connectivity index (χ4v) is 2.76. The van der Waals surface area contributed by atoms with Gasteiger partial charge in [0.2, 0.25) is 0 Å². The highest BCUT2D eigenvalue weighted by Crippen LogP contribution is 2.29. The van der Waals surface area contributed by atoms with Crippen molar-refractivity contribution in [1.82, 2.24) is 5.32 Å². The molecule has 2 aromatic carbocycles. The number of carbonyl (C=O) groups excluding carboxylic acids is 1. The predicted molar refractivity (Wildman–Crippen MR) is 98.1 cm³/mol. The zero-order valence-electron chi connectivity index (χ0n) is 15.3. The van der Waals surface area contributed by atoms with Crippen molar-refractivity contribution in [3.63, 3.8) is 0 Å². The highest BCUT2D eigenvalue weighted by Gasteiger charge is 2.29. The van der Waals surface area contributed by atoms with E-state index < -0.39 is 11.7 Å². The summed E-state index contributed by atoms with van der Waals surface area (Å²) in [5.74, 6) is -0.282. The van der Waals surface area contributed by atoms with Crippen LogP contribution in [0.3, 0.4) is 0 Å². The molecule has 0 amide bonds.